The van der Waals surface area contributed by atoms with Gasteiger partial charge in [0.15, 0.2) is 5.13 Å². The topological polar surface area (TPSA) is 106 Å². The Morgan fingerprint density at radius 1 is 1.50 bits per heavy atom. The molecule has 2 heterocycles. The van der Waals surface area contributed by atoms with Crippen LogP contribution in [0.2, 0.25) is 0 Å². The van der Waals surface area contributed by atoms with E-state index >= 15 is 0 Å². The van der Waals surface area contributed by atoms with Crippen LogP contribution in [0.1, 0.15) is 10.5 Å². The van der Waals surface area contributed by atoms with Gasteiger partial charge in [-0.05, 0) is 12.1 Å². The molecule has 7 nitrogen and oxygen atoms in total. The molecule has 1 amide bonds. The third-order valence-electron chi connectivity index (χ3n) is 2.67. The van der Waals surface area contributed by atoms with E-state index in [-0.39, 0.29) is 5.91 Å². The van der Waals surface area contributed by atoms with E-state index < -0.39 is 0 Å². The van der Waals surface area contributed by atoms with E-state index in [1.54, 1.807) is 25.3 Å². The van der Waals surface area contributed by atoms with E-state index in [1.165, 1.54) is 17.5 Å². The van der Waals surface area contributed by atoms with Crippen molar-refractivity contribution in [3.8, 4) is 5.75 Å². The highest BCUT2D eigenvalue weighted by atomic mass is 32.1. The zero-order valence-corrected chi connectivity index (χ0v) is 11.3. The van der Waals surface area contributed by atoms with E-state index in [0.29, 0.717) is 27.8 Å². The highest BCUT2D eigenvalue weighted by Gasteiger charge is 2.13. The van der Waals surface area contributed by atoms with Gasteiger partial charge in [-0.1, -0.05) is 11.3 Å². The molecule has 0 aliphatic heterocycles. The predicted octanol–water partition coefficient (Wildman–Crippen LogP) is 1.86. The van der Waals surface area contributed by atoms with Gasteiger partial charge in [0.1, 0.15) is 17.0 Å². The Bertz CT molecular complexity index is 766. The molecule has 1 aromatic carbocycles. The molecule has 4 N–H and O–H groups in total. The van der Waals surface area contributed by atoms with Crippen LogP contribution in [0.3, 0.4) is 0 Å². The molecule has 3 aromatic rings. The molecule has 0 saturated carbocycles. The number of hydrogen-bond donors (Lipinski definition) is 3. The van der Waals surface area contributed by atoms with Crippen LogP contribution < -0.4 is 15.8 Å². The Labute approximate surface area is 117 Å². The summed E-state index contributed by atoms with van der Waals surface area (Å²) in [6, 6.07) is 5.07. The van der Waals surface area contributed by atoms with Crippen LogP contribution in [-0.2, 0) is 0 Å². The first-order chi connectivity index (χ1) is 9.67. The minimum Gasteiger partial charge on any atom is -0.494 e. The monoisotopic (exact) mass is 289 g/mol. The minimum atomic E-state index is -0.298. The van der Waals surface area contributed by atoms with Crippen LogP contribution in [-0.4, -0.2) is 28.2 Å². The number of H-pyrrole nitrogens is 1. The second-order valence-electron chi connectivity index (χ2n) is 4.01. The van der Waals surface area contributed by atoms with Crippen molar-refractivity contribution in [1.82, 2.24) is 15.2 Å². The van der Waals surface area contributed by atoms with Crippen LogP contribution in [0.5, 0.6) is 5.75 Å². The average Bonchev–Trinajstić information content (AvgIpc) is 3.05. The van der Waals surface area contributed by atoms with E-state index in [1.807, 2.05) is 0 Å². The van der Waals surface area contributed by atoms with Crippen molar-refractivity contribution in [2.45, 2.75) is 0 Å². The smallest absolute Gasteiger partial charge is 0.275 e. The Kier molecular flexibility index (Phi) is 2.99. The van der Waals surface area contributed by atoms with Gasteiger partial charge >= 0.3 is 0 Å². The maximum Gasteiger partial charge on any atom is 0.275 e. The number of amides is 1. The summed E-state index contributed by atoms with van der Waals surface area (Å²) >= 11 is 1.33. The van der Waals surface area contributed by atoms with Crippen LogP contribution in [0.15, 0.2) is 24.4 Å². The first-order valence-corrected chi connectivity index (χ1v) is 6.54. The van der Waals surface area contributed by atoms with Gasteiger partial charge < -0.3 is 10.5 Å². The van der Waals surface area contributed by atoms with E-state index in [4.69, 9.17) is 10.5 Å². The van der Waals surface area contributed by atoms with Crippen LogP contribution in [0.25, 0.3) is 10.2 Å². The number of hydrogen-bond acceptors (Lipinski definition) is 6. The first-order valence-electron chi connectivity index (χ1n) is 5.72. The summed E-state index contributed by atoms with van der Waals surface area (Å²) in [5.41, 5.74) is 7.42. The number of thiazole rings is 1. The van der Waals surface area contributed by atoms with Gasteiger partial charge in [-0.2, -0.15) is 5.10 Å². The van der Waals surface area contributed by atoms with Gasteiger partial charge in [-0.15, -0.1) is 0 Å². The van der Waals surface area contributed by atoms with Gasteiger partial charge in [0.2, 0.25) is 0 Å². The number of nitrogens with one attached hydrogen (secondary N) is 2. The normalized spacial score (nSPS) is 10.7. The Morgan fingerprint density at radius 3 is 3.05 bits per heavy atom. The zero-order valence-electron chi connectivity index (χ0n) is 10.5. The number of rotatable bonds is 3. The van der Waals surface area contributed by atoms with Gasteiger partial charge in [0.25, 0.3) is 5.91 Å². The summed E-state index contributed by atoms with van der Waals surface area (Å²) in [5.74, 6) is 0.284. The molecule has 0 saturated heterocycles. The van der Waals surface area contributed by atoms with E-state index in [9.17, 15) is 4.79 Å². The zero-order chi connectivity index (χ0) is 14.1. The van der Waals surface area contributed by atoms with Gasteiger partial charge in [-0.3, -0.25) is 15.2 Å². The van der Waals surface area contributed by atoms with Gasteiger partial charge in [0.05, 0.1) is 11.8 Å². The fraction of sp³-hybridized carbons (Fsp3) is 0.0833. The van der Waals surface area contributed by atoms with Crippen LogP contribution in [0, 0.1) is 0 Å². The molecule has 0 aliphatic rings. The SMILES string of the molecule is COc1cc(N)cc2sc(NC(=O)c3ccn[nH]3)nc12. The highest BCUT2D eigenvalue weighted by molar-refractivity contribution is 7.22. The molecule has 3 rings (SSSR count). The lowest BCUT2D eigenvalue weighted by molar-refractivity contribution is 0.102. The highest BCUT2D eigenvalue weighted by Crippen LogP contribution is 2.34. The number of ether oxygens (including phenoxy) is 1. The van der Waals surface area contributed by atoms with Crippen molar-refractivity contribution in [3.05, 3.63) is 30.1 Å². The molecule has 0 fully saturated rings. The Balaban J connectivity index is 1.95. The third-order valence-corrected chi connectivity index (χ3v) is 3.59. The largest absolute Gasteiger partial charge is 0.494 e. The average molecular weight is 289 g/mol. The lowest BCUT2D eigenvalue weighted by atomic mass is 10.3. The summed E-state index contributed by atoms with van der Waals surface area (Å²) in [5, 5.41) is 9.50. The molecule has 0 spiro atoms. The summed E-state index contributed by atoms with van der Waals surface area (Å²) in [7, 11) is 1.55. The number of nitrogen functional groups attached to an aromatic ring is 1. The summed E-state index contributed by atoms with van der Waals surface area (Å²) in [6.07, 6.45) is 1.51. The minimum absolute atomic E-state index is 0.298. The maximum absolute atomic E-state index is 11.9. The lowest BCUT2D eigenvalue weighted by Gasteiger charge is -2.01. The number of methoxy groups -OCH3 is 1. The Hall–Kier alpha value is -2.61. The van der Waals surface area contributed by atoms with E-state index in [0.717, 1.165) is 4.70 Å². The molecular formula is C12H11N5O2S. The van der Waals surface area contributed by atoms with E-state index in [2.05, 4.69) is 20.5 Å². The molecule has 0 bridgehead atoms. The van der Waals surface area contributed by atoms with Gasteiger partial charge in [0, 0.05) is 18.0 Å². The molecular weight excluding hydrogens is 278 g/mol. The summed E-state index contributed by atoms with van der Waals surface area (Å²) in [4.78, 5) is 16.2. The molecule has 8 heteroatoms. The maximum atomic E-state index is 11.9. The van der Waals surface area contributed by atoms with Crippen molar-refractivity contribution in [2.24, 2.45) is 0 Å². The molecule has 0 aliphatic carbocycles. The lowest BCUT2D eigenvalue weighted by Crippen LogP contribution is -2.11. The number of nitrogens with zero attached hydrogens (tertiary/aromatic N) is 2. The molecule has 0 radical (unpaired) electrons. The van der Waals surface area contributed by atoms with Crippen molar-refractivity contribution in [1.29, 1.82) is 0 Å². The number of carbonyl (C=O) groups is 1. The van der Waals surface area contributed by atoms with Crippen LogP contribution >= 0.6 is 11.3 Å². The molecule has 20 heavy (non-hydrogen) atoms. The number of anilines is 2. The number of benzene rings is 1. The number of carbonyl (C=O) groups excluding carboxylic acids is 1. The first kappa shape index (κ1) is 12.4. The fourth-order valence-electron chi connectivity index (χ4n) is 1.77. The van der Waals surface area contributed by atoms with Crippen LogP contribution in [0.4, 0.5) is 10.8 Å². The van der Waals surface area contributed by atoms with Crippen molar-refractivity contribution >= 4 is 38.3 Å². The number of aromatic amines is 1. The molecule has 102 valence electrons. The van der Waals surface area contributed by atoms with Crippen molar-refractivity contribution in [3.63, 3.8) is 0 Å². The second kappa shape index (κ2) is 4.82. The predicted molar refractivity (Wildman–Crippen MR) is 77.1 cm³/mol. The molecule has 0 atom stereocenters. The third kappa shape index (κ3) is 2.16. The standard InChI is InChI=1S/C12H11N5O2S/c1-19-8-4-6(13)5-9-10(8)15-12(20-9)16-11(18)7-2-3-14-17-7/h2-5H,13H2,1H3,(H,14,17)(H,15,16,18). The van der Waals surface area contributed by atoms with Gasteiger partial charge in [-0.25, -0.2) is 4.98 Å². The number of aromatic nitrogens is 3. The molecule has 2 aromatic heterocycles. The number of fused-ring (bicyclic) bond motifs is 1. The molecule has 0 unspecified atom stereocenters. The quantitative estimate of drug-likeness (QED) is 0.638. The summed E-state index contributed by atoms with van der Waals surface area (Å²) < 4.78 is 6.08. The number of nitrogens with two attached hydrogens (primary N) is 1. The Morgan fingerprint density at radius 2 is 2.35 bits per heavy atom. The second-order valence-corrected chi connectivity index (χ2v) is 5.04. The van der Waals surface area contributed by atoms with Crippen molar-refractivity contribution < 1.29 is 9.53 Å². The fourth-order valence-corrected chi connectivity index (χ4v) is 2.70. The summed E-state index contributed by atoms with van der Waals surface area (Å²) in [6.45, 7) is 0. The van der Waals surface area contributed by atoms with Crippen molar-refractivity contribution in [2.75, 3.05) is 18.2 Å².